The van der Waals surface area contributed by atoms with E-state index in [9.17, 15) is 4.79 Å². The third kappa shape index (κ3) is 6.88. The molecule has 1 fully saturated rings. The van der Waals surface area contributed by atoms with E-state index in [2.05, 4.69) is 0 Å². The molecule has 1 aromatic carbocycles. The van der Waals surface area contributed by atoms with Crippen LogP contribution in [0, 0.1) is 0 Å². The predicted molar refractivity (Wildman–Crippen MR) is 89.1 cm³/mol. The Morgan fingerprint density at radius 1 is 1.35 bits per heavy atom. The molecule has 0 unspecified atom stereocenters. The highest BCUT2D eigenvalue weighted by Gasteiger charge is 2.22. The number of carboxylic acids is 1. The lowest BCUT2D eigenvalue weighted by Gasteiger charge is -2.18. The number of rotatable bonds is 5. The molecule has 1 aliphatic heterocycles. The van der Waals surface area contributed by atoms with Gasteiger partial charge in [0.1, 0.15) is 5.75 Å². The number of carbonyl (C=O) groups is 2. The quantitative estimate of drug-likeness (QED) is 0.801. The Hall–Kier alpha value is -1.79. The smallest absolute Gasteiger partial charge is 0.300 e. The van der Waals surface area contributed by atoms with E-state index >= 15 is 0 Å². The Morgan fingerprint density at radius 2 is 1.96 bits per heavy atom. The van der Waals surface area contributed by atoms with Gasteiger partial charge in [0, 0.05) is 25.0 Å². The number of halogens is 1. The molecule has 1 aromatic rings. The molecule has 6 nitrogen and oxygen atoms in total. The molecule has 0 aliphatic carbocycles. The van der Waals surface area contributed by atoms with Gasteiger partial charge >= 0.3 is 0 Å². The van der Waals surface area contributed by atoms with E-state index in [-0.39, 0.29) is 5.91 Å². The summed E-state index contributed by atoms with van der Waals surface area (Å²) in [5.74, 6) is -0.255. The normalized spacial score (nSPS) is 13.3. The molecular weight excluding hydrogens is 320 g/mol. The van der Waals surface area contributed by atoms with E-state index in [0.29, 0.717) is 29.5 Å². The summed E-state index contributed by atoms with van der Waals surface area (Å²) >= 11 is 5.96. The number of nitrogens with two attached hydrogens (primary N) is 1. The first-order valence-corrected chi connectivity index (χ1v) is 7.94. The molecule has 1 aliphatic rings. The van der Waals surface area contributed by atoms with Crippen LogP contribution in [-0.4, -0.2) is 48.1 Å². The zero-order valence-electron chi connectivity index (χ0n) is 13.3. The maximum atomic E-state index is 12.4. The fraction of sp³-hybridized carbons (Fsp3) is 0.500. The maximum absolute atomic E-state index is 12.4. The van der Waals surface area contributed by atoms with E-state index in [0.717, 1.165) is 39.3 Å². The lowest BCUT2D eigenvalue weighted by Crippen LogP contribution is -2.28. The number of ether oxygens (including phenoxy) is 1. The minimum Gasteiger partial charge on any atom is -0.493 e. The van der Waals surface area contributed by atoms with Crippen molar-refractivity contribution in [2.75, 3.05) is 26.2 Å². The number of carboxylic acid groups (broad SMARTS) is 1. The summed E-state index contributed by atoms with van der Waals surface area (Å²) in [6.07, 6.45) is 2.90. The van der Waals surface area contributed by atoms with Crippen LogP contribution < -0.4 is 10.5 Å². The van der Waals surface area contributed by atoms with Crippen molar-refractivity contribution in [3.63, 3.8) is 0 Å². The number of amides is 1. The predicted octanol–water partition coefficient (Wildman–Crippen LogP) is 2.39. The van der Waals surface area contributed by atoms with Crippen LogP contribution >= 0.6 is 11.6 Å². The maximum Gasteiger partial charge on any atom is 0.300 e. The van der Waals surface area contributed by atoms with Gasteiger partial charge in [-0.2, -0.15) is 0 Å². The number of carbonyl (C=O) groups excluding carboxylic acids is 1. The van der Waals surface area contributed by atoms with Gasteiger partial charge in [-0.05, 0) is 44.0 Å². The van der Waals surface area contributed by atoms with Crippen molar-refractivity contribution in [2.45, 2.75) is 26.2 Å². The molecule has 23 heavy (non-hydrogen) atoms. The first-order chi connectivity index (χ1) is 11.0. The molecule has 0 aromatic heterocycles. The van der Waals surface area contributed by atoms with Gasteiger partial charge in [0.25, 0.3) is 11.9 Å². The molecule has 1 amide bonds. The molecule has 0 spiro atoms. The van der Waals surface area contributed by atoms with Crippen LogP contribution in [0.4, 0.5) is 0 Å². The second kappa shape index (κ2) is 10.1. The third-order valence-electron chi connectivity index (χ3n) is 3.17. The van der Waals surface area contributed by atoms with Crippen LogP contribution in [0.1, 0.15) is 36.5 Å². The van der Waals surface area contributed by atoms with Crippen LogP contribution in [0.25, 0.3) is 0 Å². The van der Waals surface area contributed by atoms with Gasteiger partial charge in [-0.3, -0.25) is 9.59 Å². The van der Waals surface area contributed by atoms with E-state index in [1.54, 1.807) is 18.2 Å². The molecule has 0 atom stereocenters. The molecule has 2 rings (SSSR count). The Bertz CT molecular complexity index is 527. The van der Waals surface area contributed by atoms with Gasteiger partial charge in [0.05, 0.1) is 12.2 Å². The Labute approximate surface area is 141 Å². The molecule has 0 bridgehead atoms. The largest absolute Gasteiger partial charge is 0.493 e. The Morgan fingerprint density at radius 3 is 2.52 bits per heavy atom. The lowest BCUT2D eigenvalue weighted by atomic mass is 10.1. The van der Waals surface area contributed by atoms with Gasteiger partial charge in [-0.15, -0.1) is 0 Å². The van der Waals surface area contributed by atoms with Crippen molar-refractivity contribution in [1.29, 1.82) is 0 Å². The number of nitrogens with zero attached hydrogens (tertiary/aromatic N) is 1. The number of hydrogen-bond donors (Lipinski definition) is 2. The summed E-state index contributed by atoms with van der Waals surface area (Å²) in [5, 5.41) is 7.99. The minimum atomic E-state index is -0.833. The number of aliphatic carboxylic acids is 1. The van der Waals surface area contributed by atoms with Crippen molar-refractivity contribution in [3.8, 4) is 5.75 Å². The Balaban J connectivity index is 0.000000593. The molecule has 0 radical (unpaired) electrons. The first kappa shape index (κ1) is 19.3. The van der Waals surface area contributed by atoms with Crippen LogP contribution in [0.3, 0.4) is 0 Å². The van der Waals surface area contributed by atoms with E-state index in [4.69, 9.17) is 32.0 Å². The van der Waals surface area contributed by atoms with Crippen molar-refractivity contribution in [1.82, 2.24) is 4.90 Å². The molecule has 0 saturated carbocycles. The fourth-order valence-electron chi connectivity index (χ4n) is 2.15. The molecule has 128 valence electrons. The van der Waals surface area contributed by atoms with Crippen molar-refractivity contribution in [3.05, 3.63) is 28.8 Å². The second-order valence-corrected chi connectivity index (χ2v) is 5.59. The van der Waals surface area contributed by atoms with Gasteiger partial charge < -0.3 is 20.5 Å². The average molecular weight is 343 g/mol. The van der Waals surface area contributed by atoms with Crippen LogP contribution in [-0.2, 0) is 4.79 Å². The SMILES string of the molecule is CC(=O)O.NCCCOc1cc(Cl)ccc1C(=O)N1CCCC1. The van der Waals surface area contributed by atoms with E-state index < -0.39 is 5.97 Å². The highest BCUT2D eigenvalue weighted by atomic mass is 35.5. The topological polar surface area (TPSA) is 92.9 Å². The third-order valence-corrected chi connectivity index (χ3v) is 3.41. The molecule has 1 saturated heterocycles. The zero-order chi connectivity index (χ0) is 17.2. The second-order valence-electron chi connectivity index (χ2n) is 5.15. The molecule has 1 heterocycles. The monoisotopic (exact) mass is 342 g/mol. The number of likely N-dealkylation sites (tertiary alicyclic amines) is 1. The summed E-state index contributed by atoms with van der Waals surface area (Å²) in [6, 6.07) is 5.16. The highest BCUT2D eigenvalue weighted by Crippen LogP contribution is 2.26. The number of benzene rings is 1. The van der Waals surface area contributed by atoms with Crippen molar-refractivity contribution in [2.24, 2.45) is 5.73 Å². The molecular formula is C16H23ClN2O4. The van der Waals surface area contributed by atoms with Crippen LogP contribution in [0.5, 0.6) is 5.75 Å². The summed E-state index contributed by atoms with van der Waals surface area (Å²) in [5.41, 5.74) is 6.03. The van der Waals surface area contributed by atoms with Gasteiger partial charge in [-0.25, -0.2) is 0 Å². The van der Waals surface area contributed by atoms with Crippen molar-refractivity contribution < 1.29 is 19.4 Å². The number of hydrogen-bond acceptors (Lipinski definition) is 4. The summed E-state index contributed by atoms with van der Waals surface area (Å²) in [6.45, 7) is 3.79. The minimum absolute atomic E-state index is 0.0249. The van der Waals surface area contributed by atoms with E-state index in [1.165, 1.54) is 0 Å². The van der Waals surface area contributed by atoms with E-state index in [1.807, 2.05) is 4.90 Å². The van der Waals surface area contributed by atoms with Gasteiger partial charge in [-0.1, -0.05) is 11.6 Å². The summed E-state index contributed by atoms with van der Waals surface area (Å²) < 4.78 is 5.63. The fourth-order valence-corrected chi connectivity index (χ4v) is 2.31. The van der Waals surface area contributed by atoms with Gasteiger partial charge in [0.15, 0.2) is 0 Å². The molecule has 7 heteroatoms. The average Bonchev–Trinajstić information content (AvgIpc) is 3.01. The van der Waals surface area contributed by atoms with Crippen LogP contribution in [0.15, 0.2) is 18.2 Å². The first-order valence-electron chi connectivity index (χ1n) is 7.57. The summed E-state index contributed by atoms with van der Waals surface area (Å²) in [4.78, 5) is 23.3. The van der Waals surface area contributed by atoms with Crippen molar-refractivity contribution >= 4 is 23.5 Å². The van der Waals surface area contributed by atoms with Crippen LogP contribution in [0.2, 0.25) is 5.02 Å². The lowest BCUT2D eigenvalue weighted by molar-refractivity contribution is -0.134. The molecule has 3 N–H and O–H groups in total. The standard InChI is InChI=1S/C14H19ClN2O2.C2H4O2/c15-11-4-5-12(13(10-11)19-9-3-6-16)14(18)17-7-1-2-8-17;1-2(3)4/h4-5,10H,1-3,6-9,16H2;1H3,(H,3,4). The van der Waals surface area contributed by atoms with Gasteiger partial charge in [0.2, 0.25) is 0 Å². The highest BCUT2D eigenvalue weighted by molar-refractivity contribution is 6.30. The zero-order valence-corrected chi connectivity index (χ0v) is 14.0. The summed E-state index contributed by atoms with van der Waals surface area (Å²) in [7, 11) is 0. The Kier molecular flexibility index (Phi) is 8.43.